The number of hydrazine groups is 2. The molecule has 2 aliphatic carbocycles. The first-order valence-electron chi connectivity index (χ1n) is 15.8. The predicted molar refractivity (Wildman–Crippen MR) is 187 cm³/mol. The first kappa shape index (κ1) is 36.6. The van der Waals surface area contributed by atoms with Crippen LogP contribution in [0.25, 0.3) is 0 Å². The summed E-state index contributed by atoms with van der Waals surface area (Å²) in [6, 6.07) is 21.4. The molecule has 1 fully saturated rings. The number of nitrogen functional groups attached to an aromatic ring is 1. The van der Waals surface area contributed by atoms with E-state index in [1.807, 2.05) is 31.4 Å². The number of hydrogen-bond donors (Lipinski definition) is 5. The Morgan fingerprint density at radius 2 is 1.24 bits per heavy atom. The monoisotopic (exact) mass is 682 g/mol. The lowest BCUT2D eigenvalue weighted by Gasteiger charge is -2.31. The lowest BCUT2D eigenvalue weighted by atomic mass is 9.72. The first-order chi connectivity index (χ1) is 23.6. The van der Waals surface area contributed by atoms with Gasteiger partial charge in [0.05, 0.1) is 0 Å². The number of hydrogen-bond acceptors (Lipinski definition) is 9. The van der Waals surface area contributed by atoms with Crippen LogP contribution in [0, 0.1) is 5.92 Å². The van der Waals surface area contributed by atoms with Gasteiger partial charge in [0.1, 0.15) is 0 Å². The largest absolute Gasteiger partial charge is 0.504 e. The topological polar surface area (TPSA) is 176 Å². The highest BCUT2D eigenvalue weighted by Gasteiger charge is 2.37. The lowest BCUT2D eigenvalue weighted by Crippen LogP contribution is -2.41. The maximum atomic E-state index is 12.9. The zero-order chi connectivity index (χ0) is 35.3. The summed E-state index contributed by atoms with van der Waals surface area (Å²) < 4.78 is 0. The molecule has 11 nitrogen and oxygen atoms in total. The number of carbonyl (C=O) groups is 4. The van der Waals surface area contributed by atoms with Crippen LogP contribution in [0.4, 0.5) is 0 Å². The summed E-state index contributed by atoms with van der Waals surface area (Å²) in [6.07, 6.45) is 9.66. The van der Waals surface area contributed by atoms with E-state index in [0.29, 0.717) is 33.7 Å². The van der Waals surface area contributed by atoms with Crippen molar-refractivity contribution in [3.05, 3.63) is 142 Å². The molecule has 2 aliphatic rings. The third-order valence-corrected chi connectivity index (χ3v) is 8.35. The van der Waals surface area contributed by atoms with Gasteiger partial charge in [0.2, 0.25) is 5.78 Å². The van der Waals surface area contributed by atoms with Gasteiger partial charge in [0.25, 0.3) is 11.8 Å². The van der Waals surface area contributed by atoms with Crippen molar-refractivity contribution in [2.45, 2.75) is 51.5 Å². The zero-order valence-corrected chi connectivity index (χ0v) is 28.0. The average Bonchev–Trinajstić information content (AvgIpc) is 3.14. The number of aromatic nitrogens is 2. The summed E-state index contributed by atoms with van der Waals surface area (Å²) in [6.45, 7) is 3.90. The van der Waals surface area contributed by atoms with E-state index in [1.54, 1.807) is 60.9 Å². The minimum Gasteiger partial charge on any atom is -0.504 e. The Morgan fingerprint density at radius 1 is 0.755 bits per heavy atom. The van der Waals surface area contributed by atoms with Gasteiger partial charge in [-0.2, -0.15) is 0 Å². The Morgan fingerprint density at radius 3 is 1.76 bits per heavy atom. The third kappa shape index (κ3) is 9.89. The molecule has 0 atom stereocenters. The van der Waals surface area contributed by atoms with Crippen LogP contribution in [0.2, 0.25) is 5.02 Å². The number of nitrogens with zero attached hydrogens (tertiary/aromatic N) is 2. The summed E-state index contributed by atoms with van der Waals surface area (Å²) in [5.41, 5.74) is 10.8. The first-order valence-corrected chi connectivity index (χ1v) is 16.2. The van der Waals surface area contributed by atoms with Crippen molar-refractivity contribution in [2.24, 2.45) is 11.8 Å². The molecule has 6 rings (SSSR count). The van der Waals surface area contributed by atoms with Gasteiger partial charge in [0.15, 0.2) is 11.5 Å². The number of fused-ring (bicyclic) bond motifs is 1. The second-order valence-corrected chi connectivity index (χ2v) is 12.2. The number of rotatable bonds is 6. The van der Waals surface area contributed by atoms with Crippen molar-refractivity contribution in [3.63, 3.8) is 0 Å². The SMILES string of the molecule is CC(C)NNC(=O)c1ccncc1.NNC(=O)c1ccncc1.O=C1C(O)=C([C@H]2CC[C@H](c3ccc(Cl)cc3)CC2)C(=O)c2ccccc21. The predicted octanol–water partition coefficient (Wildman–Crippen LogP) is 5.91. The smallest absolute Gasteiger partial charge is 0.265 e. The molecule has 0 unspecified atom stereocenters. The summed E-state index contributed by atoms with van der Waals surface area (Å²) in [7, 11) is 0. The molecule has 49 heavy (non-hydrogen) atoms. The second kappa shape index (κ2) is 17.8. The van der Waals surface area contributed by atoms with Gasteiger partial charge in [-0.15, -0.1) is 0 Å². The van der Waals surface area contributed by atoms with Crippen LogP contribution in [-0.4, -0.2) is 44.5 Å². The van der Waals surface area contributed by atoms with Crippen LogP contribution < -0.4 is 22.1 Å². The van der Waals surface area contributed by atoms with Gasteiger partial charge < -0.3 is 5.11 Å². The van der Waals surface area contributed by atoms with E-state index >= 15 is 0 Å². The quantitative estimate of drug-likeness (QED) is 0.0939. The fourth-order valence-corrected chi connectivity index (χ4v) is 5.71. The van der Waals surface area contributed by atoms with E-state index in [-0.39, 0.29) is 35.3 Å². The van der Waals surface area contributed by atoms with Crippen LogP contribution in [-0.2, 0) is 0 Å². The molecule has 6 N–H and O–H groups in total. The number of nitrogens with one attached hydrogen (secondary N) is 3. The van der Waals surface area contributed by atoms with Gasteiger partial charge in [-0.3, -0.25) is 40.0 Å². The number of benzene rings is 2. The standard InChI is InChI=1S/C22H19ClO3.C9H13N3O.C6H7N3O/c23-16-11-9-14(10-12-16)13-5-7-15(8-6-13)19-20(24)17-3-1-2-4-18(17)21(25)22(19)26;1-7(2)11-12-9(13)8-3-5-10-6-4-8;7-9-6(10)5-1-3-8-4-2-5/h1-4,9-13,15,26H,5-8H2;3-7,11H,1-2H3,(H,12,13);1-4H,7H2,(H,9,10)/t13-,15-;;. The van der Waals surface area contributed by atoms with Crippen molar-refractivity contribution >= 4 is 35.0 Å². The summed E-state index contributed by atoms with van der Waals surface area (Å²) in [5, 5.41) is 11.1. The van der Waals surface area contributed by atoms with E-state index < -0.39 is 5.78 Å². The van der Waals surface area contributed by atoms with Crippen LogP contribution in [0.1, 0.15) is 92.4 Å². The fourth-order valence-electron chi connectivity index (χ4n) is 5.58. The van der Waals surface area contributed by atoms with Crippen LogP contribution in [0.3, 0.4) is 0 Å². The molecule has 0 saturated heterocycles. The normalized spacial score (nSPS) is 16.8. The molecule has 0 spiro atoms. The third-order valence-electron chi connectivity index (χ3n) is 8.10. The highest BCUT2D eigenvalue weighted by molar-refractivity contribution is 6.30. The van der Waals surface area contributed by atoms with Gasteiger partial charge in [-0.1, -0.05) is 48.0 Å². The van der Waals surface area contributed by atoms with Gasteiger partial charge in [-0.05, 0) is 93.3 Å². The molecule has 2 amide bonds. The maximum Gasteiger partial charge on any atom is 0.265 e. The molecule has 2 heterocycles. The van der Waals surface area contributed by atoms with Crippen molar-refractivity contribution in [1.29, 1.82) is 0 Å². The van der Waals surface area contributed by atoms with E-state index in [0.717, 1.165) is 30.7 Å². The van der Waals surface area contributed by atoms with Crippen molar-refractivity contribution in [2.75, 3.05) is 0 Å². The molecule has 1 saturated carbocycles. The highest BCUT2D eigenvalue weighted by Crippen LogP contribution is 2.42. The molecule has 12 heteroatoms. The summed E-state index contributed by atoms with van der Waals surface area (Å²) >= 11 is 5.96. The lowest BCUT2D eigenvalue weighted by molar-refractivity contribution is 0.0914. The second-order valence-electron chi connectivity index (χ2n) is 11.8. The number of nitrogens with two attached hydrogens (primary N) is 1. The van der Waals surface area contributed by atoms with Crippen LogP contribution in [0.15, 0.2) is 109 Å². The van der Waals surface area contributed by atoms with Crippen LogP contribution in [0.5, 0.6) is 0 Å². The molecule has 0 bridgehead atoms. The average molecular weight is 683 g/mol. The number of aliphatic hydroxyl groups excluding tert-OH is 1. The van der Waals surface area contributed by atoms with Gasteiger partial charge in [-0.25, -0.2) is 11.3 Å². The minimum absolute atomic E-state index is 0.0663. The number of ketones is 2. The minimum atomic E-state index is -0.435. The highest BCUT2D eigenvalue weighted by atomic mass is 35.5. The van der Waals surface area contributed by atoms with E-state index in [9.17, 15) is 24.3 Å². The van der Waals surface area contributed by atoms with Crippen molar-refractivity contribution in [1.82, 2.24) is 26.2 Å². The Kier molecular flexibility index (Phi) is 13.3. The fraction of sp³-hybridized carbons (Fsp3) is 0.243. The van der Waals surface area contributed by atoms with Crippen molar-refractivity contribution in [3.8, 4) is 0 Å². The number of carbonyl (C=O) groups excluding carboxylic acids is 4. The Hall–Kier alpha value is -5.23. The maximum absolute atomic E-state index is 12.9. The molecule has 2 aromatic carbocycles. The molecule has 254 valence electrons. The van der Waals surface area contributed by atoms with Crippen molar-refractivity contribution < 1.29 is 24.3 Å². The van der Waals surface area contributed by atoms with E-state index in [2.05, 4.69) is 33.0 Å². The summed E-state index contributed by atoms with van der Waals surface area (Å²) in [5.74, 6) is 3.80. The number of aliphatic hydroxyl groups is 1. The van der Waals surface area contributed by atoms with Gasteiger partial charge in [0, 0.05) is 63.7 Å². The Balaban J connectivity index is 0.000000195. The molecular weight excluding hydrogens is 644 g/mol. The van der Waals surface area contributed by atoms with E-state index in [1.165, 1.54) is 18.0 Å². The Bertz CT molecular complexity index is 1770. The van der Waals surface area contributed by atoms with Gasteiger partial charge >= 0.3 is 0 Å². The van der Waals surface area contributed by atoms with E-state index in [4.69, 9.17) is 17.4 Å². The zero-order valence-electron chi connectivity index (χ0n) is 27.2. The molecule has 0 aliphatic heterocycles. The molecular formula is C37H39ClN6O5. The number of amides is 2. The number of halogens is 1. The molecule has 4 aromatic rings. The number of Topliss-reactive ketones (excluding diaryl/α,β-unsaturated/α-hetero) is 2. The van der Waals surface area contributed by atoms with Crippen LogP contribution >= 0.6 is 11.6 Å². The molecule has 2 aromatic heterocycles. The number of allylic oxidation sites excluding steroid dienone is 2. The number of pyridine rings is 2. The molecule has 0 radical (unpaired) electrons. The Labute approximate surface area is 289 Å². The summed E-state index contributed by atoms with van der Waals surface area (Å²) in [4.78, 5) is 55.0.